The predicted octanol–water partition coefficient (Wildman–Crippen LogP) is 8.15. The second-order valence-corrected chi connectivity index (χ2v) is 9.40. The van der Waals surface area contributed by atoms with Crippen molar-refractivity contribution in [1.29, 1.82) is 0 Å². The lowest BCUT2D eigenvalue weighted by Crippen LogP contribution is -2.11. The van der Waals surface area contributed by atoms with Gasteiger partial charge in [0.2, 0.25) is 0 Å². The number of halogens is 3. The molecule has 1 aromatic heterocycles. The number of nitrogens with zero attached hydrogens (tertiary/aromatic N) is 1. The normalized spacial score (nSPS) is 12.2. The van der Waals surface area contributed by atoms with Crippen molar-refractivity contribution in [2.75, 3.05) is 0 Å². The second-order valence-electron chi connectivity index (χ2n) is 7.61. The number of fused-ring (bicyclic) bond motifs is 3. The van der Waals surface area contributed by atoms with Gasteiger partial charge in [0.1, 0.15) is 0 Å². The van der Waals surface area contributed by atoms with Gasteiger partial charge in [-0.3, -0.25) is 0 Å². The fraction of sp³-hybridized carbons (Fsp3) is 0.182. The third kappa shape index (κ3) is 3.05. The molecule has 0 unspecified atom stereocenters. The highest BCUT2D eigenvalue weighted by atomic mass is 79.9. The molecule has 0 saturated heterocycles. The molecule has 3 aromatic carbocycles. The van der Waals surface area contributed by atoms with Crippen molar-refractivity contribution in [3.05, 3.63) is 74.7 Å². The number of hydrogen-bond donors (Lipinski definition) is 0. The molecular weight excluding hydrogens is 429 g/mol. The fourth-order valence-corrected chi connectivity index (χ4v) is 4.21. The highest BCUT2D eigenvalue weighted by Crippen LogP contribution is 2.37. The SMILES string of the molecule is CC(C)(C)c1cc(Br)cc(-n2c3ccc(Cl)cc3c3cc(Cl)ccc32)c1. The zero-order valence-corrected chi connectivity index (χ0v) is 17.9. The van der Waals surface area contributed by atoms with E-state index in [1.165, 1.54) is 5.56 Å². The molecule has 1 heterocycles. The van der Waals surface area contributed by atoms with Gasteiger partial charge in [0.05, 0.1) is 11.0 Å². The van der Waals surface area contributed by atoms with Gasteiger partial charge in [0.15, 0.2) is 0 Å². The van der Waals surface area contributed by atoms with Gasteiger partial charge in [0, 0.05) is 31.0 Å². The van der Waals surface area contributed by atoms with Crippen LogP contribution in [0.2, 0.25) is 10.0 Å². The van der Waals surface area contributed by atoms with E-state index in [0.29, 0.717) is 0 Å². The molecule has 4 heteroatoms. The molecule has 0 atom stereocenters. The molecule has 0 spiro atoms. The zero-order chi connectivity index (χ0) is 18.6. The lowest BCUT2D eigenvalue weighted by molar-refractivity contribution is 0.589. The first-order chi connectivity index (χ1) is 12.2. The zero-order valence-electron chi connectivity index (χ0n) is 14.8. The van der Waals surface area contributed by atoms with Gasteiger partial charge in [-0.15, -0.1) is 0 Å². The first-order valence-electron chi connectivity index (χ1n) is 8.45. The monoisotopic (exact) mass is 445 g/mol. The molecule has 0 radical (unpaired) electrons. The van der Waals surface area contributed by atoms with E-state index in [9.17, 15) is 0 Å². The predicted molar refractivity (Wildman–Crippen MR) is 117 cm³/mol. The first kappa shape index (κ1) is 17.9. The Labute approximate surface area is 171 Å². The van der Waals surface area contributed by atoms with Crippen LogP contribution in [0.5, 0.6) is 0 Å². The molecule has 0 aliphatic carbocycles. The van der Waals surface area contributed by atoms with Crippen LogP contribution in [0.3, 0.4) is 0 Å². The number of rotatable bonds is 1. The Balaban J connectivity index is 2.13. The van der Waals surface area contributed by atoms with Crippen LogP contribution in [0, 0.1) is 0 Å². The van der Waals surface area contributed by atoms with E-state index in [-0.39, 0.29) is 5.41 Å². The van der Waals surface area contributed by atoms with Crippen molar-refractivity contribution in [2.45, 2.75) is 26.2 Å². The second kappa shape index (κ2) is 6.30. The molecule has 4 aromatic rings. The van der Waals surface area contributed by atoms with Crippen LogP contribution in [0.4, 0.5) is 0 Å². The Morgan fingerprint density at radius 3 is 1.81 bits per heavy atom. The third-order valence-electron chi connectivity index (χ3n) is 4.70. The van der Waals surface area contributed by atoms with Crippen molar-refractivity contribution in [2.24, 2.45) is 0 Å². The van der Waals surface area contributed by atoms with E-state index in [1.807, 2.05) is 24.3 Å². The maximum atomic E-state index is 6.27. The maximum Gasteiger partial charge on any atom is 0.0542 e. The largest absolute Gasteiger partial charge is 0.309 e. The Kier molecular flexibility index (Phi) is 4.34. The van der Waals surface area contributed by atoms with Gasteiger partial charge in [0.25, 0.3) is 0 Å². The standard InChI is InChI=1S/C22H18BrCl2N/c1-22(2,3)13-8-14(23)10-17(9-13)26-20-6-4-15(24)11-18(20)19-12-16(25)5-7-21(19)26/h4-12H,1-3H3. The fourth-order valence-electron chi connectivity index (χ4n) is 3.38. The lowest BCUT2D eigenvalue weighted by Gasteiger charge is -2.21. The van der Waals surface area contributed by atoms with Crippen molar-refractivity contribution >= 4 is 60.9 Å². The summed E-state index contributed by atoms with van der Waals surface area (Å²) < 4.78 is 3.34. The molecule has 1 nitrogen and oxygen atoms in total. The average molecular weight is 447 g/mol. The minimum absolute atomic E-state index is 0.0594. The summed E-state index contributed by atoms with van der Waals surface area (Å²) in [6.45, 7) is 6.68. The van der Waals surface area contributed by atoms with Crippen molar-refractivity contribution in [3.63, 3.8) is 0 Å². The summed E-state index contributed by atoms with van der Waals surface area (Å²) in [5.41, 5.74) is 4.69. The summed E-state index contributed by atoms with van der Waals surface area (Å²) in [6, 6.07) is 18.6. The number of aromatic nitrogens is 1. The molecule has 4 rings (SSSR count). The van der Waals surface area contributed by atoms with E-state index >= 15 is 0 Å². The number of hydrogen-bond acceptors (Lipinski definition) is 0. The molecule has 26 heavy (non-hydrogen) atoms. The van der Waals surface area contributed by atoms with Gasteiger partial charge in [-0.05, 0) is 65.6 Å². The van der Waals surface area contributed by atoms with Gasteiger partial charge < -0.3 is 4.57 Å². The van der Waals surface area contributed by atoms with E-state index < -0.39 is 0 Å². The van der Waals surface area contributed by atoms with E-state index in [1.54, 1.807) is 0 Å². The summed E-state index contributed by atoms with van der Waals surface area (Å²) in [4.78, 5) is 0. The molecule has 0 aliphatic heterocycles. The summed E-state index contributed by atoms with van der Waals surface area (Å²) >= 11 is 16.2. The minimum atomic E-state index is 0.0594. The van der Waals surface area contributed by atoms with Crippen LogP contribution >= 0.6 is 39.1 Å². The molecule has 0 fully saturated rings. The van der Waals surface area contributed by atoms with E-state index in [2.05, 4.69) is 71.6 Å². The van der Waals surface area contributed by atoms with E-state index in [0.717, 1.165) is 42.0 Å². The van der Waals surface area contributed by atoms with Crippen molar-refractivity contribution in [3.8, 4) is 5.69 Å². The average Bonchev–Trinajstić information content (AvgIpc) is 2.86. The number of benzene rings is 3. The smallest absolute Gasteiger partial charge is 0.0542 e. The van der Waals surface area contributed by atoms with Crippen LogP contribution < -0.4 is 0 Å². The summed E-state index contributed by atoms with van der Waals surface area (Å²) in [7, 11) is 0. The van der Waals surface area contributed by atoms with Crippen LogP contribution in [0.15, 0.2) is 59.1 Å². The maximum absolute atomic E-state index is 6.27. The lowest BCUT2D eigenvalue weighted by atomic mass is 9.87. The molecule has 0 aliphatic rings. The van der Waals surface area contributed by atoms with Crippen molar-refractivity contribution in [1.82, 2.24) is 4.57 Å². The quantitative estimate of drug-likeness (QED) is 0.278. The van der Waals surface area contributed by atoms with Gasteiger partial charge >= 0.3 is 0 Å². The topological polar surface area (TPSA) is 4.93 Å². The highest BCUT2D eigenvalue weighted by molar-refractivity contribution is 9.10. The van der Waals surface area contributed by atoms with E-state index in [4.69, 9.17) is 23.2 Å². The Morgan fingerprint density at radius 1 is 0.769 bits per heavy atom. The molecular formula is C22H18BrCl2N. The molecule has 132 valence electrons. The summed E-state index contributed by atoms with van der Waals surface area (Å²) in [5.74, 6) is 0. The van der Waals surface area contributed by atoms with Gasteiger partial charge in [-0.1, -0.05) is 59.9 Å². The molecule has 0 N–H and O–H groups in total. The molecule has 0 saturated carbocycles. The van der Waals surface area contributed by atoms with Crippen LogP contribution in [-0.2, 0) is 5.41 Å². The molecule has 0 amide bonds. The first-order valence-corrected chi connectivity index (χ1v) is 9.99. The Morgan fingerprint density at radius 2 is 1.31 bits per heavy atom. The summed E-state index contributed by atoms with van der Waals surface area (Å²) in [6.07, 6.45) is 0. The van der Waals surface area contributed by atoms with Gasteiger partial charge in [-0.25, -0.2) is 0 Å². The van der Waals surface area contributed by atoms with Crippen LogP contribution in [0.25, 0.3) is 27.5 Å². The van der Waals surface area contributed by atoms with Gasteiger partial charge in [-0.2, -0.15) is 0 Å². The summed E-state index contributed by atoms with van der Waals surface area (Å²) in [5, 5.41) is 3.65. The van der Waals surface area contributed by atoms with Crippen molar-refractivity contribution < 1.29 is 0 Å². The Hall–Kier alpha value is -1.48. The highest BCUT2D eigenvalue weighted by Gasteiger charge is 2.18. The molecule has 0 bridgehead atoms. The minimum Gasteiger partial charge on any atom is -0.309 e. The Bertz CT molecular complexity index is 1090. The third-order valence-corrected chi connectivity index (χ3v) is 5.62. The van der Waals surface area contributed by atoms with Crippen LogP contribution in [0.1, 0.15) is 26.3 Å². The van der Waals surface area contributed by atoms with Crippen LogP contribution in [-0.4, -0.2) is 4.57 Å².